The van der Waals surface area contributed by atoms with Crippen LogP contribution in [0.5, 0.6) is 5.75 Å². The highest BCUT2D eigenvalue weighted by Gasteiger charge is 2.34. The summed E-state index contributed by atoms with van der Waals surface area (Å²) in [5, 5.41) is 8.01. The number of nitrogens with one attached hydrogen (secondary N) is 2. The number of benzene rings is 1. The molecule has 1 fully saturated rings. The van der Waals surface area contributed by atoms with E-state index in [1.54, 1.807) is 18.4 Å². The summed E-state index contributed by atoms with van der Waals surface area (Å²) in [5.74, 6) is 1.71. The smallest absolute Gasteiger partial charge is 0.191 e. The minimum Gasteiger partial charge on any atom is -0.494 e. The number of aryl methyl sites for hydroxylation is 2. The van der Waals surface area contributed by atoms with E-state index in [4.69, 9.17) is 9.47 Å². The summed E-state index contributed by atoms with van der Waals surface area (Å²) in [6.07, 6.45) is 1.96. The first-order chi connectivity index (χ1) is 14.1. The maximum Gasteiger partial charge on any atom is 0.191 e. The Hall–Kier alpha value is -2.12. The van der Waals surface area contributed by atoms with Crippen LogP contribution in [-0.4, -0.2) is 44.4 Å². The lowest BCUT2D eigenvalue weighted by Gasteiger charge is -2.38. The van der Waals surface area contributed by atoms with E-state index in [1.807, 2.05) is 13.8 Å². The standard InChI is InChI=1S/C22H32N4O2S/c1-5-28-19-8-6-18(7-9-19)22(10-12-27-13-11-22)15-25-21(23-4)24-14-20-26-16(2)17(3)29-20/h6-9H,5,10-15H2,1-4H3,(H2,23,24,25). The molecule has 6 nitrogen and oxygen atoms in total. The zero-order chi connectivity index (χ0) is 20.7. The summed E-state index contributed by atoms with van der Waals surface area (Å²) in [4.78, 5) is 10.3. The maximum atomic E-state index is 5.66. The second-order valence-electron chi connectivity index (χ2n) is 7.38. The Kier molecular flexibility index (Phi) is 7.50. The average Bonchev–Trinajstić information content (AvgIpc) is 3.07. The van der Waals surface area contributed by atoms with E-state index in [0.29, 0.717) is 13.2 Å². The van der Waals surface area contributed by atoms with Crippen LogP contribution in [0.1, 0.15) is 40.9 Å². The van der Waals surface area contributed by atoms with Crippen LogP contribution >= 0.6 is 11.3 Å². The molecule has 2 heterocycles. The molecule has 1 aliphatic rings. The van der Waals surface area contributed by atoms with Gasteiger partial charge < -0.3 is 20.1 Å². The summed E-state index contributed by atoms with van der Waals surface area (Å²) in [5.41, 5.74) is 2.44. The van der Waals surface area contributed by atoms with Crippen molar-refractivity contribution in [2.45, 2.75) is 45.6 Å². The number of rotatable bonds is 7. The molecule has 0 saturated carbocycles. The lowest BCUT2D eigenvalue weighted by Crippen LogP contribution is -2.47. The van der Waals surface area contributed by atoms with Crippen molar-refractivity contribution >= 4 is 17.3 Å². The van der Waals surface area contributed by atoms with E-state index < -0.39 is 0 Å². The van der Waals surface area contributed by atoms with Crippen LogP contribution in [0.15, 0.2) is 29.3 Å². The fourth-order valence-electron chi connectivity index (χ4n) is 3.65. The van der Waals surface area contributed by atoms with E-state index in [-0.39, 0.29) is 5.41 Å². The zero-order valence-electron chi connectivity index (χ0n) is 17.9. The van der Waals surface area contributed by atoms with Crippen molar-refractivity contribution in [2.75, 3.05) is 33.4 Å². The molecule has 0 radical (unpaired) electrons. The topological polar surface area (TPSA) is 67.8 Å². The van der Waals surface area contributed by atoms with E-state index in [2.05, 4.69) is 51.8 Å². The van der Waals surface area contributed by atoms with E-state index in [0.717, 1.165) is 55.0 Å². The van der Waals surface area contributed by atoms with Crippen molar-refractivity contribution in [3.05, 3.63) is 45.4 Å². The van der Waals surface area contributed by atoms with Crippen molar-refractivity contribution in [3.8, 4) is 5.75 Å². The van der Waals surface area contributed by atoms with Gasteiger partial charge in [0.05, 0.1) is 18.8 Å². The van der Waals surface area contributed by atoms with E-state index in [9.17, 15) is 0 Å². The minimum absolute atomic E-state index is 0.0228. The van der Waals surface area contributed by atoms with Gasteiger partial charge in [-0.2, -0.15) is 0 Å². The average molecular weight is 417 g/mol. The van der Waals surface area contributed by atoms with Gasteiger partial charge in [-0.25, -0.2) is 4.98 Å². The van der Waals surface area contributed by atoms with Crippen molar-refractivity contribution in [1.82, 2.24) is 15.6 Å². The van der Waals surface area contributed by atoms with Crippen LogP contribution in [0.2, 0.25) is 0 Å². The summed E-state index contributed by atoms with van der Waals surface area (Å²) in [6.45, 7) is 9.88. The molecular formula is C22H32N4O2S. The third-order valence-corrected chi connectivity index (χ3v) is 6.60. The van der Waals surface area contributed by atoms with Gasteiger partial charge in [0.1, 0.15) is 10.8 Å². The predicted molar refractivity (Wildman–Crippen MR) is 119 cm³/mol. The maximum absolute atomic E-state index is 5.66. The quantitative estimate of drug-likeness (QED) is 0.533. The molecule has 29 heavy (non-hydrogen) atoms. The number of hydrogen-bond donors (Lipinski definition) is 2. The molecule has 2 N–H and O–H groups in total. The second-order valence-corrected chi connectivity index (χ2v) is 8.67. The molecular weight excluding hydrogens is 384 g/mol. The van der Waals surface area contributed by atoms with Gasteiger partial charge in [-0.15, -0.1) is 11.3 Å². The minimum atomic E-state index is 0.0228. The van der Waals surface area contributed by atoms with Crippen molar-refractivity contribution < 1.29 is 9.47 Å². The van der Waals surface area contributed by atoms with Gasteiger partial charge >= 0.3 is 0 Å². The molecule has 0 spiro atoms. The number of nitrogens with zero attached hydrogens (tertiary/aromatic N) is 2. The monoisotopic (exact) mass is 416 g/mol. The van der Waals surface area contributed by atoms with Crippen LogP contribution in [-0.2, 0) is 16.7 Å². The van der Waals surface area contributed by atoms with Crippen LogP contribution in [0.4, 0.5) is 0 Å². The molecule has 0 aliphatic carbocycles. The molecule has 0 bridgehead atoms. The Balaban J connectivity index is 1.65. The Morgan fingerprint density at radius 1 is 1.21 bits per heavy atom. The second kappa shape index (κ2) is 10.1. The Morgan fingerprint density at radius 3 is 2.52 bits per heavy atom. The molecule has 3 rings (SSSR count). The van der Waals surface area contributed by atoms with Crippen LogP contribution in [0.3, 0.4) is 0 Å². The molecule has 2 aromatic rings. The molecule has 158 valence electrons. The molecule has 0 amide bonds. The number of aliphatic imine (C=N–C) groups is 1. The molecule has 0 atom stereocenters. The number of ether oxygens (including phenoxy) is 2. The Morgan fingerprint density at radius 2 is 1.93 bits per heavy atom. The molecule has 1 aromatic heterocycles. The van der Waals surface area contributed by atoms with Gasteiger partial charge in [-0.1, -0.05) is 12.1 Å². The van der Waals surface area contributed by atoms with Crippen molar-refractivity contribution in [3.63, 3.8) is 0 Å². The Bertz CT molecular complexity index is 791. The first-order valence-corrected chi connectivity index (χ1v) is 11.1. The van der Waals surface area contributed by atoms with Crippen LogP contribution in [0.25, 0.3) is 0 Å². The van der Waals surface area contributed by atoms with E-state index in [1.165, 1.54) is 10.4 Å². The van der Waals surface area contributed by atoms with Gasteiger partial charge in [0.2, 0.25) is 0 Å². The van der Waals surface area contributed by atoms with Gasteiger partial charge in [0.25, 0.3) is 0 Å². The molecule has 7 heteroatoms. The van der Waals surface area contributed by atoms with Gasteiger partial charge in [-0.3, -0.25) is 4.99 Å². The SMILES string of the molecule is CCOc1ccc(C2(CNC(=NC)NCc3nc(C)c(C)s3)CCOCC2)cc1. The first kappa shape index (κ1) is 21.6. The fraction of sp³-hybridized carbons (Fsp3) is 0.545. The van der Waals surface area contributed by atoms with Gasteiger partial charge in [0, 0.05) is 37.1 Å². The summed E-state index contributed by atoms with van der Waals surface area (Å²) >= 11 is 1.73. The third-order valence-electron chi connectivity index (χ3n) is 5.53. The summed E-state index contributed by atoms with van der Waals surface area (Å²) < 4.78 is 11.3. The Labute approximate surface area is 177 Å². The van der Waals surface area contributed by atoms with Gasteiger partial charge in [-0.05, 0) is 51.3 Å². The van der Waals surface area contributed by atoms with Crippen molar-refractivity contribution in [1.29, 1.82) is 0 Å². The van der Waals surface area contributed by atoms with Crippen molar-refractivity contribution in [2.24, 2.45) is 4.99 Å². The highest BCUT2D eigenvalue weighted by Crippen LogP contribution is 2.35. The number of guanidine groups is 1. The molecule has 1 aliphatic heterocycles. The summed E-state index contributed by atoms with van der Waals surface area (Å²) in [7, 11) is 1.81. The highest BCUT2D eigenvalue weighted by atomic mass is 32.1. The third kappa shape index (κ3) is 5.48. The summed E-state index contributed by atoms with van der Waals surface area (Å²) in [6, 6.07) is 8.51. The highest BCUT2D eigenvalue weighted by molar-refractivity contribution is 7.11. The molecule has 1 saturated heterocycles. The van der Waals surface area contributed by atoms with Gasteiger partial charge in [0.15, 0.2) is 5.96 Å². The number of thiazole rings is 1. The number of aromatic nitrogens is 1. The van der Waals surface area contributed by atoms with Crippen LogP contribution in [0, 0.1) is 13.8 Å². The molecule has 0 unspecified atom stereocenters. The molecule has 1 aromatic carbocycles. The fourth-order valence-corrected chi connectivity index (χ4v) is 4.52. The normalized spacial score (nSPS) is 16.5. The largest absolute Gasteiger partial charge is 0.494 e. The van der Waals surface area contributed by atoms with Crippen LogP contribution < -0.4 is 15.4 Å². The lowest BCUT2D eigenvalue weighted by molar-refractivity contribution is 0.0513. The lowest BCUT2D eigenvalue weighted by atomic mass is 9.74. The first-order valence-electron chi connectivity index (χ1n) is 10.2. The van der Waals surface area contributed by atoms with E-state index >= 15 is 0 Å². The number of hydrogen-bond acceptors (Lipinski definition) is 5. The zero-order valence-corrected chi connectivity index (χ0v) is 18.7. The predicted octanol–water partition coefficient (Wildman–Crippen LogP) is 3.57.